The van der Waals surface area contributed by atoms with Crippen molar-refractivity contribution in [2.24, 2.45) is 16.3 Å². The number of amides is 1. The summed E-state index contributed by atoms with van der Waals surface area (Å²) >= 11 is 0. The molecule has 8 heteroatoms. The number of nitrogens with one attached hydrogen (secondary N) is 2. The quantitative estimate of drug-likeness (QED) is 0.313. The van der Waals surface area contributed by atoms with Crippen LogP contribution in [0.5, 0.6) is 0 Å². The molecule has 0 radical (unpaired) electrons. The maximum absolute atomic E-state index is 14.8. The number of aromatic amines is 1. The van der Waals surface area contributed by atoms with Crippen LogP contribution in [0.3, 0.4) is 0 Å². The summed E-state index contributed by atoms with van der Waals surface area (Å²) < 4.78 is 1.51. The highest BCUT2D eigenvalue weighted by Gasteiger charge is 2.65. The molecule has 7 rings (SSSR count). The van der Waals surface area contributed by atoms with Gasteiger partial charge in [-0.15, -0.1) is 0 Å². The van der Waals surface area contributed by atoms with Crippen LogP contribution in [0.2, 0.25) is 0 Å². The molecule has 40 heavy (non-hydrogen) atoms. The summed E-state index contributed by atoms with van der Waals surface area (Å²) in [5.74, 6) is -0.340. The zero-order chi connectivity index (χ0) is 27.3. The molecule has 2 aliphatic rings. The van der Waals surface area contributed by atoms with Crippen molar-refractivity contribution >= 4 is 23.2 Å². The highest BCUT2D eigenvalue weighted by atomic mass is 16.2. The van der Waals surface area contributed by atoms with Gasteiger partial charge in [-0.05, 0) is 35.4 Å². The molecule has 2 aliphatic heterocycles. The van der Waals surface area contributed by atoms with Crippen LogP contribution in [-0.4, -0.2) is 21.5 Å². The van der Waals surface area contributed by atoms with E-state index in [1.54, 1.807) is 0 Å². The minimum absolute atomic E-state index is 0.147. The highest BCUT2D eigenvalue weighted by Crippen LogP contribution is 2.57. The molecule has 5 aromatic rings. The summed E-state index contributed by atoms with van der Waals surface area (Å²) in [6.45, 7) is 0. The molecule has 3 heterocycles. The second-order valence-electron chi connectivity index (χ2n) is 10.0. The fourth-order valence-electron chi connectivity index (χ4n) is 6.11. The molecule has 1 aromatic heterocycles. The van der Waals surface area contributed by atoms with Gasteiger partial charge in [0, 0.05) is 5.92 Å². The number of carbonyl (C=O) groups excluding carboxylic acids is 1. The first-order chi connectivity index (χ1) is 19.6. The van der Waals surface area contributed by atoms with Crippen molar-refractivity contribution in [3.63, 3.8) is 0 Å². The summed E-state index contributed by atoms with van der Waals surface area (Å²) in [7, 11) is 0. The molecule has 3 atom stereocenters. The summed E-state index contributed by atoms with van der Waals surface area (Å²) in [4.78, 5) is 29.1. The Morgan fingerprint density at radius 1 is 0.700 bits per heavy atom. The summed E-state index contributed by atoms with van der Waals surface area (Å²) in [6, 6.07) is 37.3. The molecule has 1 amide bonds. The first-order valence-corrected chi connectivity index (χ1v) is 13.1. The molecule has 0 aliphatic carbocycles. The van der Waals surface area contributed by atoms with Crippen LogP contribution in [0.15, 0.2) is 131 Å². The van der Waals surface area contributed by atoms with Crippen molar-refractivity contribution < 1.29 is 4.79 Å². The Hall–Kier alpha value is -5.37. The number of H-pyrrole nitrogens is 1. The van der Waals surface area contributed by atoms with E-state index in [4.69, 9.17) is 5.73 Å². The van der Waals surface area contributed by atoms with Crippen molar-refractivity contribution in [2.75, 3.05) is 10.3 Å². The van der Waals surface area contributed by atoms with Crippen LogP contribution in [0, 0.1) is 5.41 Å². The van der Waals surface area contributed by atoms with E-state index in [9.17, 15) is 9.59 Å². The molecule has 4 N–H and O–H groups in total. The van der Waals surface area contributed by atoms with E-state index in [2.05, 4.69) is 15.5 Å². The lowest BCUT2D eigenvalue weighted by Crippen LogP contribution is -2.56. The average Bonchev–Trinajstić information content (AvgIpc) is 3.48. The van der Waals surface area contributed by atoms with E-state index in [-0.39, 0.29) is 17.3 Å². The van der Waals surface area contributed by atoms with Gasteiger partial charge in [0.05, 0.1) is 23.0 Å². The summed E-state index contributed by atoms with van der Waals surface area (Å²) in [6.07, 6.45) is 0. The van der Waals surface area contributed by atoms with Gasteiger partial charge in [-0.25, -0.2) is 4.68 Å². The first-order valence-electron chi connectivity index (χ1n) is 13.1. The monoisotopic (exact) mass is 526 g/mol. The van der Waals surface area contributed by atoms with Crippen LogP contribution in [-0.2, 0) is 4.79 Å². The number of hydrogen-bond donors (Lipinski definition) is 3. The Balaban J connectivity index is 1.54. The number of nitrogens with two attached hydrogens (primary N) is 1. The number of para-hydroxylation sites is 2. The smallest absolute Gasteiger partial charge is 0.277 e. The Kier molecular flexibility index (Phi) is 5.41. The number of hydrazone groups is 1. The maximum Gasteiger partial charge on any atom is 0.277 e. The molecule has 1 spiro atoms. The average molecular weight is 527 g/mol. The first kappa shape index (κ1) is 23.7. The third-order valence-electron chi connectivity index (χ3n) is 7.87. The lowest BCUT2D eigenvalue weighted by Gasteiger charge is -2.45. The van der Waals surface area contributed by atoms with Crippen molar-refractivity contribution in [3.05, 3.63) is 148 Å². The minimum atomic E-state index is -1.43. The van der Waals surface area contributed by atoms with Gasteiger partial charge in [0.25, 0.3) is 11.5 Å². The molecule has 0 saturated carbocycles. The number of anilines is 2. The molecule has 196 valence electrons. The van der Waals surface area contributed by atoms with E-state index < -0.39 is 17.4 Å². The largest absolute Gasteiger partial charge is 0.385 e. The van der Waals surface area contributed by atoms with Crippen LogP contribution in [0.4, 0.5) is 11.5 Å². The van der Waals surface area contributed by atoms with Crippen molar-refractivity contribution in [1.29, 1.82) is 0 Å². The molecule has 1 unspecified atom stereocenters. The SMILES string of the molecule is NC1=NN(c2ccccc2)C(=O)C12[C@@H](c1ccccc1)c1c([nH]n(-c3ccccc3)c1=O)N[C@H]2c1ccccc1. The Bertz CT molecular complexity index is 1780. The molecule has 4 aromatic carbocycles. The maximum atomic E-state index is 14.8. The minimum Gasteiger partial charge on any atom is -0.385 e. The number of hydrogen-bond acceptors (Lipinski definition) is 5. The lowest BCUT2D eigenvalue weighted by atomic mass is 9.60. The van der Waals surface area contributed by atoms with Crippen molar-refractivity contribution in [2.45, 2.75) is 12.0 Å². The van der Waals surface area contributed by atoms with Crippen LogP contribution >= 0.6 is 0 Å². The number of amidine groups is 1. The van der Waals surface area contributed by atoms with Gasteiger partial charge >= 0.3 is 0 Å². The second kappa shape index (κ2) is 9.13. The molecule has 0 saturated heterocycles. The number of carbonyl (C=O) groups is 1. The van der Waals surface area contributed by atoms with E-state index >= 15 is 0 Å². The van der Waals surface area contributed by atoms with Gasteiger partial charge in [0.15, 0.2) is 0 Å². The summed E-state index contributed by atoms with van der Waals surface area (Å²) in [5.41, 5.74) is 8.56. The van der Waals surface area contributed by atoms with Crippen LogP contribution in [0.1, 0.15) is 28.7 Å². The third-order valence-corrected chi connectivity index (χ3v) is 7.87. The van der Waals surface area contributed by atoms with E-state index in [1.165, 1.54) is 9.69 Å². The van der Waals surface area contributed by atoms with E-state index in [0.29, 0.717) is 22.8 Å². The van der Waals surface area contributed by atoms with Gasteiger partial charge in [0.1, 0.15) is 17.1 Å². The van der Waals surface area contributed by atoms with Crippen LogP contribution < -0.4 is 21.6 Å². The predicted molar refractivity (Wildman–Crippen MR) is 155 cm³/mol. The Labute approximate surface area is 230 Å². The molecular weight excluding hydrogens is 500 g/mol. The number of fused-ring (bicyclic) bond motifs is 1. The van der Waals surface area contributed by atoms with Crippen molar-refractivity contribution in [1.82, 2.24) is 9.78 Å². The van der Waals surface area contributed by atoms with Gasteiger partial charge in [-0.2, -0.15) is 10.1 Å². The third kappa shape index (κ3) is 3.36. The Morgan fingerprint density at radius 2 is 1.23 bits per heavy atom. The number of benzene rings is 4. The fourth-order valence-corrected chi connectivity index (χ4v) is 6.11. The number of rotatable bonds is 4. The topological polar surface area (TPSA) is 109 Å². The Morgan fingerprint density at radius 3 is 1.82 bits per heavy atom. The molecular formula is C32H26N6O2. The standard InChI is InChI=1S/C32H26N6O2/c33-30-32(31(40)38(36-30)24-19-11-4-12-20-24)26(21-13-5-1-6-14-21)25-28(34-27(32)22-15-7-2-8-16-22)35-37(29(25)39)23-17-9-3-10-18-23/h1-20,26-27,34-35H,(H2,33,36)/t26-,27-,32?/m0/s1. The summed E-state index contributed by atoms with van der Waals surface area (Å²) in [5, 5.41) is 12.8. The van der Waals surface area contributed by atoms with Gasteiger partial charge in [0.2, 0.25) is 0 Å². The zero-order valence-electron chi connectivity index (χ0n) is 21.4. The predicted octanol–water partition coefficient (Wildman–Crippen LogP) is 4.77. The van der Waals surface area contributed by atoms with Gasteiger partial charge < -0.3 is 11.1 Å². The number of nitrogens with zero attached hydrogens (tertiary/aromatic N) is 3. The zero-order valence-corrected chi connectivity index (χ0v) is 21.4. The van der Waals surface area contributed by atoms with E-state index in [1.807, 2.05) is 121 Å². The normalized spacial score (nSPS) is 21.6. The number of aromatic nitrogens is 2. The molecule has 0 bridgehead atoms. The van der Waals surface area contributed by atoms with Gasteiger partial charge in [-0.1, -0.05) is 97.1 Å². The molecule has 8 nitrogen and oxygen atoms in total. The fraction of sp³-hybridized carbons (Fsp3) is 0.0938. The van der Waals surface area contributed by atoms with Gasteiger partial charge in [-0.3, -0.25) is 14.7 Å². The molecule has 0 fully saturated rings. The van der Waals surface area contributed by atoms with Crippen LogP contribution in [0.25, 0.3) is 5.69 Å². The second-order valence-corrected chi connectivity index (χ2v) is 10.0. The lowest BCUT2D eigenvalue weighted by molar-refractivity contribution is -0.125. The van der Waals surface area contributed by atoms with E-state index in [0.717, 1.165) is 11.1 Å². The highest BCUT2D eigenvalue weighted by molar-refractivity contribution is 6.20. The van der Waals surface area contributed by atoms with Crippen molar-refractivity contribution in [3.8, 4) is 5.69 Å².